The van der Waals surface area contributed by atoms with Gasteiger partial charge in [0.05, 0.1) is 21.8 Å². The maximum absolute atomic E-state index is 13.2. The van der Waals surface area contributed by atoms with Crippen LogP contribution in [-0.4, -0.2) is 73.9 Å². The molecule has 0 amide bonds. The van der Waals surface area contributed by atoms with Crippen LogP contribution in [0.1, 0.15) is 53.6 Å². The lowest BCUT2D eigenvalue weighted by atomic mass is 9.94. The summed E-state index contributed by atoms with van der Waals surface area (Å²) in [5.41, 5.74) is 2.97. The highest BCUT2D eigenvalue weighted by atomic mass is 32.2. The zero-order valence-corrected chi connectivity index (χ0v) is 23.2. The molecule has 13 heteroatoms. The molecule has 4 rings (SSSR count). The van der Waals surface area contributed by atoms with Crippen molar-refractivity contribution in [2.45, 2.75) is 63.1 Å². The monoisotopic (exact) mass is 585 g/mol. The van der Waals surface area contributed by atoms with E-state index in [0.717, 1.165) is 43.0 Å². The zero-order chi connectivity index (χ0) is 29.7. The summed E-state index contributed by atoms with van der Waals surface area (Å²) in [6.45, 7) is 7.21. The van der Waals surface area contributed by atoms with Crippen LogP contribution in [0.3, 0.4) is 0 Å². The van der Waals surface area contributed by atoms with Crippen LogP contribution in [0.2, 0.25) is 0 Å². The van der Waals surface area contributed by atoms with Crippen molar-refractivity contribution in [1.82, 2.24) is 4.90 Å². The second kappa shape index (κ2) is 12.9. The topological polar surface area (TPSA) is 127 Å². The van der Waals surface area contributed by atoms with E-state index in [1.807, 2.05) is 13.8 Å². The van der Waals surface area contributed by atoms with Crippen LogP contribution < -0.4 is 9.62 Å². The predicted molar refractivity (Wildman–Crippen MR) is 144 cm³/mol. The van der Waals surface area contributed by atoms with E-state index in [1.165, 1.54) is 38.2 Å². The number of aliphatic carboxylic acids is 1. The predicted octanol–water partition coefficient (Wildman–Crippen LogP) is 4.89. The second-order valence-corrected chi connectivity index (χ2v) is 11.7. The van der Waals surface area contributed by atoms with Gasteiger partial charge in [-0.3, -0.25) is 9.62 Å². The summed E-state index contributed by atoms with van der Waals surface area (Å²) in [5, 5.41) is 16.6. The largest absolute Gasteiger partial charge is 0.490 e. The third kappa shape index (κ3) is 8.10. The molecule has 9 nitrogen and oxygen atoms in total. The molecular weight excluding hydrogens is 551 g/mol. The number of aromatic carboxylic acids is 1. The van der Waals surface area contributed by atoms with E-state index >= 15 is 0 Å². The van der Waals surface area contributed by atoms with Gasteiger partial charge in [-0.05, 0) is 68.1 Å². The summed E-state index contributed by atoms with van der Waals surface area (Å²) in [7, 11) is -3.86. The molecule has 1 heterocycles. The minimum atomic E-state index is -5.08. The molecule has 220 valence electrons. The number of sulfonamides is 1. The number of hydrogen-bond acceptors (Lipinski definition) is 6. The van der Waals surface area contributed by atoms with Crippen molar-refractivity contribution in [2.75, 3.05) is 35.8 Å². The molecule has 1 aliphatic carbocycles. The molecule has 0 atom stereocenters. The van der Waals surface area contributed by atoms with Gasteiger partial charge >= 0.3 is 18.1 Å². The molecule has 3 N–H and O–H groups in total. The average molecular weight is 586 g/mol. The first-order valence-corrected chi connectivity index (χ1v) is 14.4. The van der Waals surface area contributed by atoms with E-state index in [1.54, 1.807) is 30.3 Å². The average Bonchev–Trinajstić information content (AvgIpc) is 2.90. The number of carbonyl (C=O) groups is 2. The van der Waals surface area contributed by atoms with E-state index in [2.05, 4.69) is 14.5 Å². The molecule has 0 unspecified atom stereocenters. The normalized spacial score (nSPS) is 17.1. The minimum absolute atomic E-state index is 0.0531. The first-order chi connectivity index (χ1) is 18.7. The first-order valence-electron chi connectivity index (χ1n) is 13.0. The molecule has 1 saturated carbocycles. The number of hydrogen-bond donors (Lipinski definition) is 3. The van der Waals surface area contributed by atoms with Gasteiger partial charge in [0.1, 0.15) is 0 Å². The van der Waals surface area contributed by atoms with Gasteiger partial charge in [-0.1, -0.05) is 25.3 Å². The molecule has 1 saturated heterocycles. The van der Waals surface area contributed by atoms with Gasteiger partial charge in [0.25, 0.3) is 10.0 Å². The molecular formula is C27H34F3N3O6S. The van der Waals surface area contributed by atoms with Crippen molar-refractivity contribution in [1.29, 1.82) is 0 Å². The zero-order valence-electron chi connectivity index (χ0n) is 22.4. The summed E-state index contributed by atoms with van der Waals surface area (Å²) in [6.07, 6.45) is 1.36. The van der Waals surface area contributed by atoms with E-state index in [-0.39, 0.29) is 10.5 Å². The van der Waals surface area contributed by atoms with E-state index in [0.29, 0.717) is 11.7 Å². The Hall–Kier alpha value is -3.32. The summed E-state index contributed by atoms with van der Waals surface area (Å²) in [5.74, 6) is -3.84. The first kappa shape index (κ1) is 31.2. The maximum Gasteiger partial charge on any atom is 0.490 e. The highest BCUT2D eigenvalue weighted by molar-refractivity contribution is 7.92. The lowest BCUT2D eigenvalue weighted by Crippen LogP contribution is -2.51. The Labute approximate surface area is 231 Å². The number of benzene rings is 2. The van der Waals surface area contributed by atoms with Crippen LogP contribution in [0.15, 0.2) is 41.3 Å². The SMILES string of the molecule is Cc1ccc(S(=O)(=O)Nc2cc(C(=O)O)ccc2N2CCN(C3CCCCC3)CC2)cc1C.O=C(O)C(F)(F)F. The van der Waals surface area contributed by atoms with Crippen LogP contribution in [0, 0.1) is 13.8 Å². The van der Waals surface area contributed by atoms with Gasteiger partial charge in [-0.15, -0.1) is 0 Å². The van der Waals surface area contributed by atoms with Crippen molar-refractivity contribution in [3.05, 3.63) is 53.1 Å². The van der Waals surface area contributed by atoms with Crippen LogP contribution >= 0.6 is 0 Å². The summed E-state index contributed by atoms with van der Waals surface area (Å²) in [4.78, 5) is 25.4. The molecule has 2 aliphatic rings. The van der Waals surface area contributed by atoms with E-state index < -0.39 is 28.1 Å². The van der Waals surface area contributed by atoms with Crippen LogP contribution in [-0.2, 0) is 14.8 Å². The summed E-state index contributed by atoms with van der Waals surface area (Å²) in [6, 6.07) is 10.3. The van der Waals surface area contributed by atoms with Gasteiger partial charge in [0.2, 0.25) is 0 Å². The Bertz CT molecular complexity index is 1320. The van der Waals surface area contributed by atoms with Gasteiger partial charge < -0.3 is 15.1 Å². The molecule has 1 aliphatic heterocycles. The van der Waals surface area contributed by atoms with Gasteiger partial charge in [-0.2, -0.15) is 13.2 Å². The number of nitrogens with one attached hydrogen (secondary N) is 1. The van der Waals surface area contributed by atoms with Crippen molar-refractivity contribution >= 4 is 33.3 Å². The fourth-order valence-corrected chi connectivity index (χ4v) is 6.04. The van der Waals surface area contributed by atoms with E-state index in [4.69, 9.17) is 9.90 Å². The number of piperazine rings is 1. The number of rotatable bonds is 6. The Balaban J connectivity index is 0.000000559. The Kier molecular flexibility index (Phi) is 10.1. The number of carboxylic acids is 2. The van der Waals surface area contributed by atoms with Crippen LogP contribution in [0.5, 0.6) is 0 Å². The van der Waals surface area contributed by atoms with Crippen molar-refractivity contribution in [2.24, 2.45) is 0 Å². The Morgan fingerprint density at radius 1 is 0.900 bits per heavy atom. The Morgan fingerprint density at radius 2 is 1.50 bits per heavy atom. The molecule has 0 radical (unpaired) electrons. The van der Waals surface area contributed by atoms with Crippen molar-refractivity contribution < 1.29 is 41.4 Å². The molecule has 0 bridgehead atoms. The Morgan fingerprint density at radius 3 is 2.02 bits per heavy atom. The fourth-order valence-electron chi connectivity index (χ4n) is 4.89. The smallest absolute Gasteiger partial charge is 0.478 e. The quantitative estimate of drug-likeness (QED) is 0.438. The number of anilines is 2. The maximum atomic E-state index is 13.2. The minimum Gasteiger partial charge on any atom is -0.478 e. The molecule has 2 aromatic carbocycles. The number of nitrogens with zero attached hydrogens (tertiary/aromatic N) is 2. The third-order valence-corrected chi connectivity index (χ3v) is 8.63. The summed E-state index contributed by atoms with van der Waals surface area (Å²) < 4.78 is 60.7. The summed E-state index contributed by atoms with van der Waals surface area (Å²) >= 11 is 0. The molecule has 0 aromatic heterocycles. The number of aryl methyl sites for hydroxylation is 2. The standard InChI is InChI=1S/C25H33N3O4S.C2HF3O2/c1-18-8-10-22(16-19(18)2)33(31,32)26-23-17-20(25(29)30)9-11-24(23)28-14-12-27(13-15-28)21-6-4-3-5-7-21;3-2(4,5)1(6)7/h8-11,16-17,21,26H,3-7,12-15H2,1-2H3,(H,29,30);(H,6,7). The number of alkyl halides is 3. The van der Waals surface area contributed by atoms with Gasteiger partial charge in [0, 0.05) is 32.2 Å². The molecule has 40 heavy (non-hydrogen) atoms. The van der Waals surface area contributed by atoms with Crippen LogP contribution in [0.4, 0.5) is 24.5 Å². The third-order valence-electron chi connectivity index (χ3n) is 7.27. The fraction of sp³-hybridized carbons (Fsp3) is 0.481. The number of halogens is 3. The van der Waals surface area contributed by atoms with Gasteiger partial charge in [-0.25, -0.2) is 18.0 Å². The lowest BCUT2D eigenvalue weighted by molar-refractivity contribution is -0.192. The second-order valence-electron chi connectivity index (χ2n) is 10.0. The highest BCUT2D eigenvalue weighted by Gasteiger charge is 2.38. The van der Waals surface area contributed by atoms with Gasteiger partial charge in [0.15, 0.2) is 0 Å². The van der Waals surface area contributed by atoms with Crippen molar-refractivity contribution in [3.8, 4) is 0 Å². The molecule has 0 spiro atoms. The lowest BCUT2D eigenvalue weighted by Gasteiger charge is -2.42. The van der Waals surface area contributed by atoms with Crippen molar-refractivity contribution in [3.63, 3.8) is 0 Å². The van der Waals surface area contributed by atoms with E-state index in [9.17, 15) is 31.5 Å². The molecule has 2 aromatic rings. The number of carboxylic acid groups (broad SMARTS) is 2. The molecule has 2 fully saturated rings. The van der Waals surface area contributed by atoms with Crippen LogP contribution in [0.25, 0.3) is 0 Å². The highest BCUT2D eigenvalue weighted by Crippen LogP contribution is 2.32.